The molecule has 0 saturated heterocycles. The number of anilines is 7. The first-order valence-electron chi connectivity index (χ1n) is 28.0. The molecule has 0 aliphatic rings. The number of nitrogens with one attached hydrogen (secondary N) is 10. The summed E-state index contributed by atoms with van der Waals surface area (Å²) in [5.41, 5.74) is 8.63. The fourth-order valence-electron chi connectivity index (χ4n) is 9.36. The van der Waals surface area contributed by atoms with Crippen molar-refractivity contribution in [1.82, 2.24) is 72.3 Å². The van der Waals surface area contributed by atoms with Crippen molar-refractivity contribution in [2.24, 2.45) is 62.1 Å². The van der Waals surface area contributed by atoms with Crippen LogP contribution in [0.15, 0.2) is 86.1 Å². The Morgan fingerprint density at radius 3 is 1.21 bits per heavy atom. The molecule has 0 unspecified atom stereocenters. The molecule has 8 rings (SSSR count). The lowest BCUT2D eigenvalue weighted by atomic mass is 10.2. The van der Waals surface area contributed by atoms with Crippen molar-refractivity contribution in [3.8, 4) is 0 Å². The van der Waals surface area contributed by atoms with Gasteiger partial charge in [0.15, 0.2) is 17.5 Å². The highest BCUT2D eigenvalue weighted by atomic mass is 16.2. The lowest BCUT2D eigenvalue weighted by Gasteiger charge is -2.11. The molecular formula is C57H71N23O10. The summed E-state index contributed by atoms with van der Waals surface area (Å²) < 4.78 is 11.9. The molecule has 1 atom stereocenters. The van der Waals surface area contributed by atoms with Gasteiger partial charge in [0.05, 0.1) is 34.5 Å². The third-order valence-corrected chi connectivity index (χ3v) is 14.0. The Morgan fingerprint density at radius 1 is 0.433 bits per heavy atom. The normalized spacial score (nSPS) is 11.4. The topological polar surface area (TPSA) is 398 Å². The third kappa shape index (κ3) is 16.0. The highest BCUT2D eigenvalue weighted by Crippen LogP contribution is 2.23. The Bertz CT molecular complexity index is 4060. The van der Waals surface area contributed by atoms with Gasteiger partial charge in [0.2, 0.25) is 23.5 Å². The summed E-state index contributed by atoms with van der Waals surface area (Å²) in [6.07, 6.45) is 14.6. The van der Waals surface area contributed by atoms with E-state index in [0.29, 0.717) is 23.6 Å². The van der Waals surface area contributed by atoms with Gasteiger partial charge < -0.3 is 100 Å². The summed E-state index contributed by atoms with van der Waals surface area (Å²) >= 11 is 0. The molecule has 12 N–H and O–H groups in total. The zero-order valence-corrected chi connectivity index (χ0v) is 51.1. The number of hydrogen-bond donors (Lipinski definition) is 11. The smallest absolute Gasteiger partial charge is 0.292 e. The van der Waals surface area contributed by atoms with Gasteiger partial charge in [0, 0.05) is 138 Å². The van der Waals surface area contributed by atoms with Crippen molar-refractivity contribution in [3.05, 3.63) is 132 Å². The summed E-state index contributed by atoms with van der Waals surface area (Å²) in [5, 5.41) is 27.2. The van der Waals surface area contributed by atoms with Gasteiger partial charge in [-0.2, -0.15) is 0 Å². The summed E-state index contributed by atoms with van der Waals surface area (Å²) in [6.45, 7) is 1.49. The molecule has 33 heteroatoms. The van der Waals surface area contributed by atoms with Crippen LogP contribution in [-0.4, -0.2) is 162 Å². The van der Waals surface area contributed by atoms with Gasteiger partial charge in [-0.15, -0.1) is 0 Å². The third-order valence-electron chi connectivity index (χ3n) is 14.0. The predicted octanol–water partition coefficient (Wildman–Crippen LogP) is 1.37. The number of nitrogens with zero attached hydrogens (tertiary/aromatic N) is 12. The van der Waals surface area contributed by atoms with E-state index < -0.39 is 59.2 Å². The molecule has 33 nitrogen and oxygen atoms in total. The highest BCUT2D eigenvalue weighted by Gasteiger charge is 2.25. The number of nitrogens with two attached hydrogens (primary N) is 1. The van der Waals surface area contributed by atoms with E-state index in [1.807, 2.05) is 19.0 Å². The molecule has 10 amide bonds. The van der Waals surface area contributed by atoms with Crippen molar-refractivity contribution in [2.75, 3.05) is 77.5 Å². The Morgan fingerprint density at radius 2 is 0.811 bits per heavy atom. The summed E-state index contributed by atoms with van der Waals surface area (Å²) in [5.74, 6) is -4.94. The molecule has 0 fully saturated rings. The van der Waals surface area contributed by atoms with Crippen LogP contribution < -0.4 is 58.9 Å². The van der Waals surface area contributed by atoms with Crippen LogP contribution in [0.5, 0.6) is 0 Å². The second-order valence-electron chi connectivity index (χ2n) is 21.5. The van der Waals surface area contributed by atoms with Crippen molar-refractivity contribution in [1.29, 1.82) is 0 Å². The fourth-order valence-corrected chi connectivity index (χ4v) is 9.36. The van der Waals surface area contributed by atoms with Crippen molar-refractivity contribution >= 4 is 99.1 Å². The number of imidazole rings is 3. The highest BCUT2D eigenvalue weighted by molar-refractivity contribution is 6.10. The minimum Gasteiger partial charge on any atom is -0.356 e. The van der Waals surface area contributed by atoms with Crippen molar-refractivity contribution < 1.29 is 47.9 Å². The van der Waals surface area contributed by atoms with Crippen molar-refractivity contribution in [3.63, 3.8) is 0 Å². The van der Waals surface area contributed by atoms with E-state index in [1.54, 1.807) is 79.5 Å². The molecule has 0 bridgehead atoms. The van der Waals surface area contributed by atoms with E-state index in [0.717, 1.165) is 13.0 Å². The number of hydrogen-bond acceptors (Lipinski definition) is 15. The van der Waals surface area contributed by atoms with Gasteiger partial charge in [0.1, 0.15) is 28.5 Å². The first-order chi connectivity index (χ1) is 42.7. The predicted molar refractivity (Wildman–Crippen MR) is 331 cm³/mol. The van der Waals surface area contributed by atoms with Crippen LogP contribution in [0.4, 0.5) is 40.1 Å². The van der Waals surface area contributed by atoms with Crippen molar-refractivity contribution in [2.45, 2.75) is 25.3 Å². The average molecular weight is 1240 g/mol. The van der Waals surface area contributed by atoms with Gasteiger partial charge in [-0.3, -0.25) is 47.9 Å². The van der Waals surface area contributed by atoms with Gasteiger partial charge in [-0.05, 0) is 63.8 Å². The van der Waals surface area contributed by atoms with Gasteiger partial charge in [-0.25, -0.2) is 15.0 Å². The number of carbonyl (C=O) groups is 10. The first kappa shape index (κ1) is 64.6. The molecule has 0 spiro atoms. The Hall–Kier alpha value is -11.4. The maximum absolute atomic E-state index is 13.5. The molecule has 8 aromatic heterocycles. The van der Waals surface area contributed by atoms with Gasteiger partial charge in [-0.1, -0.05) is 0 Å². The van der Waals surface area contributed by atoms with E-state index in [1.165, 1.54) is 99.5 Å². The van der Waals surface area contributed by atoms with Crippen LogP contribution in [0.2, 0.25) is 0 Å². The summed E-state index contributed by atoms with van der Waals surface area (Å²) in [6, 6.07) is 6.24. The van der Waals surface area contributed by atoms with E-state index in [-0.39, 0.29) is 101 Å². The Balaban J connectivity index is 0.758. The maximum atomic E-state index is 13.5. The van der Waals surface area contributed by atoms with Crippen LogP contribution in [0.1, 0.15) is 104 Å². The number of aryl methyl sites for hydroxylation is 8. The molecule has 474 valence electrons. The molecule has 90 heavy (non-hydrogen) atoms. The molecule has 0 aliphatic heterocycles. The van der Waals surface area contributed by atoms with Gasteiger partial charge in [0.25, 0.3) is 47.3 Å². The van der Waals surface area contributed by atoms with Crippen LogP contribution >= 0.6 is 0 Å². The summed E-state index contributed by atoms with van der Waals surface area (Å²) in [7, 11) is 16.8. The maximum Gasteiger partial charge on any atom is 0.292 e. The molecule has 8 aromatic rings. The quantitative estimate of drug-likeness (QED) is 0.0341. The summed E-state index contributed by atoms with van der Waals surface area (Å²) in [4.78, 5) is 146. The SMILES string of the molecule is CN(C)CCCNC(=O)CCNC(=O)c1cc(NC(=O)c2cc(NC(=O)c3cc(NC(=O)c4nc(NC(=O)[C@H](N)CCNC(=O)c5cc(NC(=O)c6cc(NC(=O)c7nc(NC(=O)c8nccn8C)cn7C)cn6C)cn5C)cn4C)cn3C)cn2C)cn1C. The first-order valence-corrected chi connectivity index (χ1v) is 28.0. The van der Waals surface area contributed by atoms with Crippen LogP contribution in [0.25, 0.3) is 0 Å². The zero-order valence-electron chi connectivity index (χ0n) is 51.1. The minimum absolute atomic E-state index is 0.00776. The van der Waals surface area contributed by atoms with E-state index >= 15 is 0 Å². The second kappa shape index (κ2) is 28.0. The average Bonchev–Trinajstić information content (AvgIpc) is 2.82. The lowest BCUT2D eigenvalue weighted by molar-refractivity contribution is -0.121. The standard InChI is InChI=1S/C57H71N23O10/c1-72(2)18-11-14-59-45(81)13-16-62-51(84)39-21-33(26-75(39)5)63-52(85)40-22-34(27-76(40)6)65-54(87)42-24-35(28-78(42)8)66-56(89)47-68-43(30-79(47)9)70-49(82)37(58)12-15-61-50(83)38-20-32(25-74(38)4)64-53(86)41-23-36(29-77(41)7)67-57(90)48-69-44(31-80(48)10)71-55(88)46-60-17-19-73(46)3/h17,19-31,37H,11-16,18,58H2,1-10H3,(H,59,81)(H,61,83)(H,62,84)(H,63,85)(H,64,86)(H,65,87)(H,66,89)(H,67,90)(H,70,82)(H,71,88)/t37-/m1/s1. The van der Waals surface area contributed by atoms with E-state index in [9.17, 15) is 47.9 Å². The molecule has 0 saturated carbocycles. The van der Waals surface area contributed by atoms with Crippen LogP contribution in [0, 0.1) is 0 Å². The number of rotatable bonds is 26. The molecule has 8 heterocycles. The number of amides is 10. The van der Waals surface area contributed by atoms with Crippen LogP contribution in [0.3, 0.4) is 0 Å². The molecule has 0 radical (unpaired) electrons. The fraction of sp³-hybridized carbons (Fsp3) is 0.316. The van der Waals surface area contributed by atoms with Crippen LogP contribution in [-0.2, 0) is 66.0 Å². The zero-order chi connectivity index (χ0) is 65.2. The number of aromatic nitrogens is 11. The Labute approximate surface area is 514 Å². The molecule has 0 aromatic carbocycles. The molecular weight excluding hydrogens is 1170 g/mol. The van der Waals surface area contributed by atoms with Gasteiger partial charge >= 0.3 is 0 Å². The number of carbonyl (C=O) groups excluding carboxylic acids is 10. The minimum atomic E-state index is -1.11. The molecule has 0 aliphatic carbocycles. The van der Waals surface area contributed by atoms with E-state index in [2.05, 4.69) is 68.1 Å². The van der Waals surface area contributed by atoms with E-state index in [4.69, 9.17) is 5.73 Å². The second-order valence-corrected chi connectivity index (χ2v) is 21.5. The lowest BCUT2D eigenvalue weighted by Crippen LogP contribution is -2.39. The largest absolute Gasteiger partial charge is 0.356 e. The Kier molecular flexibility index (Phi) is 20.1. The monoisotopic (exact) mass is 1240 g/mol.